The summed E-state index contributed by atoms with van der Waals surface area (Å²) in [6.45, 7) is 6.65. The largest absolute Gasteiger partial charge is 0.462 e. The van der Waals surface area contributed by atoms with Gasteiger partial charge in [-0.25, -0.2) is 0 Å². The zero-order valence-electron chi connectivity index (χ0n) is 43.8. The van der Waals surface area contributed by atoms with E-state index >= 15 is 0 Å². The van der Waals surface area contributed by atoms with E-state index in [1.165, 1.54) is 218 Å². The summed E-state index contributed by atoms with van der Waals surface area (Å²) in [5.74, 6) is -0.857. The molecule has 0 aliphatic heterocycles. The highest BCUT2D eigenvalue weighted by atomic mass is 16.6. The van der Waals surface area contributed by atoms with E-state index in [4.69, 9.17) is 14.2 Å². The molecule has 0 N–H and O–H groups in total. The second-order valence-electron chi connectivity index (χ2n) is 19.6. The fourth-order valence-corrected chi connectivity index (χ4v) is 8.55. The average Bonchev–Trinajstić information content (AvgIpc) is 3.30. The minimum Gasteiger partial charge on any atom is -0.462 e. The van der Waals surface area contributed by atoms with Crippen molar-refractivity contribution < 1.29 is 28.6 Å². The first-order chi connectivity index (χ1) is 32.0. The maximum Gasteiger partial charge on any atom is 0.306 e. The molecule has 0 rings (SSSR count). The van der Waals surface area contributed by atoms with Gasteiger partial charge in [-0.1, -0.05) is 251 Å². The van der Waals surface area contributed by atoms with Crippen molar-refractivity contribution >= 4 is 17.9 Å². The Labute approximate surface area is 404 Å². The van der Waals surface area contributed by atoms with Gasteiger partial charge in [-0.3, -0.25) is 14.4 Å². The van der Waals surface area contributed by atoms with Gasteiger partial charge in [0.25, 0.3) is 0 Å². The van der Waals surface area contributed by atoms with Gasteiger partial charge in [0.05, 0.1) is 0 Å². The van der Waals surface area contributed by atoms with Gasteiger partial charge in [0, 0.05) is 19.3 Å². The first kappa shape index (κ1) is 62.9. The van der Waals surface area contributed by atoms with Crippen LogP contribution in [0.1, 0.15) is 316 Å². The van der Waals surface area contributed by atoms with Crippen LogP contribution in [-0.2, 0) is 28.6 Å². The van der Waals surface area contributed by atoms with Crippen LogP contribution in [0.2, 0.25) is 0 Å². The Bertz CT molecular complexity index is 1050. The Morgan fingerprint density at radius 1 is 0.292 bits per heavy atom. The second kappa shape index (κ2) is 54.5. The maximum absolute atomic E-state index is 12.8. The van der Waals surface area contributed by atoms with Crippen LogP contribution in [0, 0.1) is 0 Å². The average molecular weight is 916 g/mol. The Morgan fingerprint density at radius 2 is 0.508 bits per heavy atom. The van der Waals surface area contributed by atoms with E-state index in [0.29, 0.717) is 19.3 Å². The molecular formula is C59H110O6. The Morgan fingerprint density at radius 3 is 0.785 bits per heavy atom. The van der Waals surface area contributed by atoms with E-state index < -0.39 is 6.10 Å². The standard InChI is InChI=1S/C59H110O6/c1-4-7-10-13-16-19-22-24-26-27-28-29-30-31-33-34-37-40-43-46-49-52-58(61)64-55-56(54-63-57(60)51-48-45-42-39-36-21-18-15-12-9-6-3)65-59(62)53-50-47-44-41-38-35-32-25-23-20-17-14-11-8-5-2/h20,23-24,26,56H,4-19,21-22,25,27-55H2,1-3H3/b23-20-,26-24-/t56-/m0/s1. The monoisotopic (exact) mass is 915 g/mol. The molecule has 0 amide bonds. The van der Waals surface area contributed by atoms with Crippen molar-refractivity contribution in [1.82, 2.24) is 0 Å². The zero-order chi connectivity index (χ0) is 47.2. The maximum atomic E-state index is 12.8. The number of carbonyl (C=O) groups is 3. The van der Waals surface area contributed by atoms with Crippen LogP contribution in [0.25, 0.3) is 0 Å². The minimum atomic E-state index is -0.769. The molecule has 0 unspecified atom stereocenters. The van der Waals surface area contributed by atoms with Crippen LogP contribution in [0.3, 0.4) is 0 Å². The number of carbonyl (C=O) groups excluding carboxylic acids is 3. The van der Waals surface area contributed by atoms with Crippen LogP contribution in [-0.4, -0.2) is 37.2 Å². The molecule has 0 aliphatic rings. The van der Waals surface area contributed by atoms with Gasteiger partial charge in [0.2, 0.25) is 0 Å². The molecule has 0 spiro atoms. The molecule has 0 aromatic rings. The number of esters is 3. The summed E-state index contributed by atoms with van der Waals surface area (Å²) < 4.78 is 16.9. The lowest BCUT2D eigenvalue weighted by Gasteiger charge is -2.18. The summed E-state index contributed by atoms with van der Waals surface area (Å²) in [6.07, 6.45) is 63.1. The van der Waals surface area contributed by atoms with Crippen molar-refractivity contribution in [2.24, 2.45) is 0 Å². The van der Waals surface area contributed by atoms with E-state index in [1.54, 1.807) is 0 Å². The van der Waals surface area contributed by atoms with Crippen molar-refractivity contribution in [1.29, 1.82) is 0 Å². The third kappa shape index (κ3) is 52.7. The van der Waals surface area contributed by atoms with Gasteiger partial charge in [-0.2, -0.15) is 0 Å². The molecule has 0 aliphatic carbocycles. The smallest absolute Gasteiger partial charge is 0.306 e. The predicted octanol–water partition coefficient (Wildman–Crippen LogP) is 19.1. The minimum absolute atomic E-state index is 0.0688. The molecule has 0 saturated heterocycles. The van der Waals surface area contributed by atoms with E-state index in [2.05, 4.69) is 45.1 Å². The molecular weight excluding hydrogens is 805 g/mol. The Hall–Kier alpha value is -2.11. The molecule has 0 heterocycles. The van der Waals surface area contributed by atoms with Crippen molar-refractivity contribution in [3.63, 3.8) is 0 Å². The molecule has 382 valence electrons. The number of hydrogen-bond acceptors (Lipinski definition) is 6. The van der Waals surface area contributed by atoms with Crippen LogP contribution >= 0.6 is 0 Å². The highest BCUT2D eigenvalue weighted by molar-refractivity contribution is 5.71. The number of allylic oxidation sites excluding steroid dienone is 4. The summed E-state index contributed by atoms with van der Waals surface area (Å²) >= 11 is 0. The molecule has 6 nitrogen and oxygen atoms in total. The van der Waals surface area contributed by atoms with Gasteiger partial charge < -0.3 is 14.2 Å². The van der Waals surface area contributed by atoms with Crippen molar-refractivity contribution in [2.45, 2.75) is 322 Å². The van der Waals surface area contributed by atoms with E-state index in [0.717, 1.165) is 57.8 Å². The molecule has 0 aromatic heterocycles. The fourth-order valence-electron chi connectivity index (χ4n) is 8.55. The van der Waals surface area contributed by atoms with Crippen LogP contribution in [0.4, 0.5) is 0 Å². The van der Waals surface area contributed by atoms with E-state index in [9.17, 15) is 14.4 Å². The van der Waals surface area contributed by atoms with E-state index in [1.807, 2.05) is 0 Å². The summed E-state index contributed by atoms with van der Waals surface area (Å²) in [7, 11) is 0. The SMILES string of the molecule is CCCCCC/C=C\CCCCCCCCCC(=O)O[C@@H](COC(=O)CCCCCCCCCCCCC)COC(=O)CCCCCCCCCCCCC/C=C\CCCCCCCC. The normalized spacial score (nSPS) is 12.1. The number of hydrogen-bond donors (Lipinski definition) is 0. The highest BCUT2D eigenvalue weighted by Crippen LogP contribution is 2.16. The first-order valence-corrected chi connectivity index (χ1v) is 28.8. The summed E-state index contributed by atoms with van der Waals surface area (Å²) in [4.78, 5) is 38.1. The third-order valence-corrected chi connectivity index (χ3v) is 12.9. The molecule has 0 bridgehead atoms. The fraction of sp³-hybridized carbons (Fsp3) is 0.881. The molecule has 0 radical (unpaired) electrons. The lowest BCUT2D eigenvalue weighted by atomic mass is 10.0. The summed E-state index contributed by atoms with van der Waals surface area (Å²) in [6, 6.07) is 0. The quantitative estimate of drug-likeness (QED) is 0.0262. The van der Waals surface area contributed by atoms with E-state index in [-0.39, 0.29) is 31.1 Å². The number of rotatable bonds is 53. The lowest BCUT2D eigenvalue weighted by molar-refractivity contribution is -0.167. The molecule has 0 aromatic carbocycles. The van der Waals surface area contributed by atoms with Gasteiger partial charge in [0.15, 0.2) is 6.10 Å². The summed E-state index contributed by atoms with van der Waals surface area (Å²) in [5.41, 5.74) is 0. The van der Waals surface area contributed by atoms with Crippen LogP contribution in [0.5, 0.6) is 0 Å². The molecule has 1 atom stereocenters. The highest BCUT2D eigenvalue weighted by Gasteiger charge is 2.19. The topological polar surface area (TPSA) is 78.9 Å². The van der Waals surface area contributed by atoms with Crippen molar-refractivity contribution in [2.75, 3.05) is 13.2 Å². The first-order valence-electron chi connectivity index (χ1n) is 28.8. The Kier molecular flexibility index (Phi) is 52.7. The molecule has 0 saturated carbocycles. The Balaban J connectivity index is 4.26. The number of ether oxygens (including phenoxy) is 3. The molecule has 6 heteroatoms. The zero-order valence-corrected chi connectivity index (χ0v) is 43.8. The predicted molar refractivity (Wildman–Crippen MR) is 279 cm³/mol. The lowest BCUT2D eigenvalue weighted by Crippen LogP contribution is -2.30. The molecule has 0 fully saturated rings. The van der Waals surface area contributed by atoms with Gasteiger partial charge in [-0.05, 0) is 70.6 Å². The number of unbranched alkanes of at least 4 members (excludes halogenated alkanes) is 38. The van der Waals surface area contributed by atoms with Crippen molar-refractivity contribution in [3.05, 3.63) is 24.3 Å². The van der Waals surface area contributed by atoms with Crippen LogP contribution in [0.15, 0.2) is 24.3 Å². The van der Waals surface area contributed by atoms with Gasteiger partial charge in [0.1, 0.15) is 13.2 Å². The molecule has 65 heavy (non-hydrogen) atoms. The van der Waals surface area contributed by atoms with Gasteiger partial charge >= 0.3 is 17.9 Å². The van der Waals surface area contributed by atoms with Gasteiger partial charge in [-0.15, -0.1) is 0 Å². The summed E-state index contributed by atoms with van der Waals surface area (Å²) in [5, 5.41) is 0. The third-order valence-electron chi connectivity index (χ3n) is 12.9. The van der Waals surface area contributed by atoms with Crippen LogP contribution < -0.4 is 0 Å². The second-order valence-corrected chi connectivity index (χ2v) is 19.6. The van der Waals surface area contributed by atoms with Crippen molar-refractivity contribution in [3.8, 4) is 0 Å².